The Hall–Kier alpha value is -3.84. The van der Waals surface area contributed by atoms with Crippen LogP contribution in [0.5, 0.6) is 0 Å². The normalized spacial score (nSPS) is 38.1. The lowest BCUT2D eigenvalue weighted by molar-refractivity contribution is -0.236. The van der Waals surface area contributed by atoms with Crippen LogP contribution in [0.2, 0.25) is 0 Å². The molecule has 2 amide bonds. The van der Waals surface area contributed by atoms with Crippen molar-refractivity contribution in [3.8, 4) is 0 Å². The monoisotopic (exact) mass is 883 g/mol. The lowest BCUT2D eigenvalue weighted by Gasteiger charge is -2.76. The molecule has 0 spiro atoms. The summed E-state index contributed by atoms with van der Waals surface area (Å²) in [5.74, 6) is 1.63. The number of esters is 1. The van der Waals surface area contributed by atoms with E-state index in [4.69, 9.17) is 10.5 Å². The molecule has 7 heteroatoms. The number of nitrogens with two attached hydrogens (primary N) is 1. The second-order valence-electron chi connectivity index (χ2n) is 23.9. The highest BCUT2D eigenvalue weighted by Gasteiger charge is 2.77. The van der Waals surface area contributed by atoms with Gasteiger partial charge in [-0.1, -0.05) is 102 Å². The maximum atomic E-state index is 15.4. The fraction of sp³-hybridized carbons (Fsp3) is 0.655. The van der Waals surface area contributed by atoms with Crippen molar-refractivity contribution >= 4 is 23.1 Å². The molecule has 5 saturated carbocycles. The fourth-order valence-electron chi connectivity index (χ4n) is 17.1. The van der Waals surface area contributed by atoms with Crippen LogP contribution in [0.15, 0.2) is 78.5 Å². The van der Waals surface area contributed by atoms with E-state index in [1.807, 2.05) is 19.2 Å². The smallest absolute Gasteiger partial charge is 0.337 e. The summed E-state index contributed by atoms with van der Waals surface area (Å²) in [5.41, 5.74) is 15.4. The van der Waals surface area contributed by atoms with Gasteiger partial charge in [-0.15, -0.1) is 0 Å². The maximum absolute atomic E-state index is 15.4. The van der Waals surface area contributed by atoms with Gasteiger partial charge in [0.25, 0.3) is 0 Å². The molecule has 1 saturated heterocycles. The van der Waals surface area contributed by atoms with E-state index in [-0.39, 0.29) is 56.7 Å². The second-order valence-corrected chi connectivity index (χ2v) is 23.9. The molecule has 0 bridgehead atoms. The number of amides is 2. The van der Waals surface area contributed by atoms with Gasteiger partial charge in [0.1, 0.15) is 0 Å². The Balaban J connectivity index is 0.989. The number of hydrogen-bond donors (Lipinski definition) is 2. The van der Waals surface area contributed by atoms with Crippen molar-refractivity contribution < 1.29 is 14.3 Å². The van der Waals surface area contributed by atoms with Gasteiger partial charge in [-0.25, -0.2) is 9.59 Å². The summed E-state index contributed by atoms with van der Waals surface area (Å²) in [6.45, 7) is 18.5. The Morgan fingerprint density at radius 1 is 0.831 bits per heavy atom. The first-order chi connectivity index (χ1) is 30.8. The van der Waals surface area contributed by atoms with Gasteiger partial charge in [0.15, 0.2) is 0 Å². The van der Waals surface area contributed by atoms with Gasteiger partial charge in [0, 0.05) is 43.3 Å². The number of likely N-dealkylation sites (N-methyl/N-ethyl adjacent to an activating group) is 1. The number of nitrogens with one attached hydrogen (secondary N) is 1. The van der Waals surface area contributed by atoms with E-state index in [1.165, 1.54) is 67.2 Å². The van der Waals surface area contributed by atoms with Crippen LogP contribution in [-0.2, 0) is 4.74 Å². The molecule has 1 aliphatic heterocycles. The molecule has 2 aromatic carbocycles. The van der Waals surface area contributed by atoms with Crippen LogP contribution in [0.25, 0.3) is 11.1 Å². The summed E-state index contributed by atoms with van der Waals surface area (Å²) in [6.07, 6.45) is 23.8. The van der Waals surface area contributed by atoms with E-state index < -0.39 is 0 Å². The van der Waals surface area contributed by atoms with E-state index in [9.17, 15) is 4.79 Å². The number of carbonyl (C=O) groups excluding carboxylic acids is 2. The van der Waals surface area contributed by atoms with Crippen molar-refractivity contribution in [1.29, 1.82) is 0 Å². The number of carbonyl (C=O) groups is 2. The van der Waals surface area contributed by atoms with Crippen LogP contribution in [0, 0.1) is 50.7 Å². The summed E-state index contributed by atoms with van der Waals surface area (Å²) in [5, 5.41) is 3.56. The van der Waals surface area contributed by atoms with Crippen molar-refractivity contribution in [2.75, 3.05) is 27.7 Å². The number of nitrogens with zero attached hydrogens (tertiary/aromatic N) is 2. The number of benzene rings is 2. The average molecular weight is 883 g/mol. The maximum Gasteiger partial charge on any atom is 0.337 e. The Bertz CT molecular complexity index is 2240. The minimum absolute atomic E-state index is 0.0184. The molecule has 10 atom stereocenters. The number of hydrogen-bond acceptors (Lipinski definition) is 5. The fourth-order valence-corrected chi connectivity index (χ4v) is 17.1. The number of urea groups is 1. The van der Waals surface area contributed by atoms with Crippen LogP contribution >= 0.6 is 0 Å². The lowest BCUT2D eigenvalue weighted by atomic mass is 9.31. The standard InChI is InChI=1S/C58H82N4O3/c1-39(40-18-12-11-13-19-40)17-14-15-20-45(60-8)46-21-16-38-62(46)51(64)61(9)57-32-27-44(53(4)34-35-53)49(57)58(59)33-29-48-54(5)30-26-43(41-22-24-42(25-23-41)50(63)65-10)52(2,3)47(54)28-31-55(48,6)56(58,7)36-37-57/h11-13,17-20,22-26,44,46-49,60H,14-16,21,27-38,59H2,1-10H3/b39-17+,45-20-/t44?,46-,47-,48?,49?,54-,55+,56-,57-,58-/m0/s1. The average Bonchev–Trinajstić information content (AvgIpc) is 3.64. The highest BCUT2D eigenvalue weighted by atomic mass is 16.5. The van der Waals surface area contributed by atoms with Crippen LogP contribution in [0.4, 0.5) is 4.79 Å². The van der Waals surface area contributed by atoms with Crippen molar-refractivity contribution in [2.45, 2.75) is 162 Å². The number of likely N-dealkylation sites (tertiary alicyclic amines) is 1. The predicted octanol–water partition coefficient (Wildman–Crippen LogP) is 12.7. The molecule has 0 radical (unpaired) electrons. The summed E-state index contributed by atoms with van der Waals surface area (Å²) in [6, 6.07) is 19.0. The van der Waals surface area contributed by atoms with Crippen LogP contribution < -0.4 is 11.1 Å². The van der Waals surface area contributed by atoms with Gasteiger partial charge in [0.05, 0.1) is 18.7 Å². The minimum Gasteiger partial charge on any atom is -0.465 e. The zero-order valence-electron chi connectivity index (χ0n) is 41.8. The molecule has 3 unspecified atom stereocenters. The summed E-state index contributed by atoms with van der Waals surface area (Å²) < 4.78 is 5.01. The number of allylic oxidation sites excluding steroid dienone is 5. The Kier molecular flexibility index (Phi) is 11.7. The molecule has 1 heterocycles. The number of unbranched alkanes of at least 4 members (excludes halogenated alkanes) is 1. The summed E-state index contributed by atoms with van der Waals surface area (Å²) in [7, 11) is 5.67. The molecular formula is C58H82N4O3. The number of methoxy groups -OCH3 is 1. The van der Waals surface area contributed by atoms with Gasteiger partial charge >= 0.3 is 12.0 Å². The molecule has 65 heavy (non-hydrogen) atoms. The summed E-state index contributed by atoms with van der Waals surface area (Å²) in [4.78, 5) is 32.2. The molecule has 6 aliphatic carbocycles. The Morgan fingerprint density at radius 3 is 2.20 bits per heavy atom. The number of rotatable bonds is 10. The Morgan fingerprint density at radius 2 is 1.52 bits per heavy atom. The molecular weight excluding hydrogens is 801 g/mol. The summed E-state index contributed by atoms with van der Waals surface area (Å²) >= 11 is 0. The highest BCUT2D eigenvalue weighted by Crippen LogP contribution is 2.79. The van der Waals surface area contributed by atoms with Crippen molar-refractivity contribution in [3.05, 3.63) is 95.2 Å². The Labute approximate surface area is 392 Å². The number of ether oxygens (including phenoxy) is 1. The first-order valence-electron chi connectivity index (χ1n) is 25.7. The molecule has 3 N–H and O–H groups in total. The molecule has 352 valence electrons. The topological polar surface area (TPSA) is 87.9 Å². The molecule has 9 rings (SSSR count). The van der Waals surface area contributed by atoms with Gasteiger partial charge in [0.2, 0.25) is 0 Å². The van der Waals surface area contributed by atoms with Gasteiger partial charge < -0.3 is 25.6 Å². The largest absolute Gasteiger partial charge is 0.465 e. The van der Waals surface area contributed by atoms with Crippen LogP contribution in [0.3, 0.4) is 0 Å². The van der Waals surface area contributed by atoms with E-state index in [0.717, 1.165) is 70.8 Å². The van der Waals surface area contributed by atoms with Crippen molar-refractivity contribution in [3.63, 3.8) is 0 Å². The van der Waals surface area contributed by atoms with Gasteiger partial charge in [-0.3, -0.25) is 0 Å². The van der Waals surface area contributed by atoms with E-state index in [2.05, 4.69) is 131 Å². The number of fused-ring (bicyclic) bond motifs is 7. The first-order valence-corrected chi connectivity index (χ1v) is 25.7. The van der Waals surface area contributed by atoms with Crippen LogP contribution in [0.1, 0.15) is 166 Å². The third-order valence-electron chi connectivity index (χ3n) is 21.1. The lowest BCUT2D eigenvalue weighted by Crippen LogP contribution is -2.79. The van der Waals surface area contributed by atoms with E-state index in [1.54, 1.807) is 0 Å². The quantitative estimate of drug-likeness (QED) is 0.183. The molecule has 2 aromatic rings. The third kappa shape index (κ3) is 6.95. The SMILES string of the molecule is CN/C(=C\CC/C=C(\C)c1ccccc1)[C@@H]1CCCN1C(=O)N(C)[C@]12CCC(C3(C)CC3)C1[C@@]1(N)CCC3[C@@]4(C)CC=C(c5ccc(C(=O)OC)cc5)C(C)(C)[C@@H]4CC[C@@]3(C)[C@]1(C)CC2. The second kappa shape index (κ2) is 16.4. The first kappa shape index (κ1) is 46.3. The molecule has 7 aliphatic rings. The minimum atomic E-state index is -0.362. The van der Waals surface area contributed by atoms with Crippen molar-refractivity contribution in [1.82, 2.24) is 15.1 Å². The van der Waals surface area contributed by atoms with E-state index in [0.29, 0.717) is 28.7 Å². The predicted molar refractivity (Wildman–Crippen MR) is 266 cm³/mol. The van der Waals surface area contributed by atoms with Crippen LogP contribution in [-0.4, -0.2) is 66.7 Å². The van der Waals surface area contributed by atoms with Gasteiger partial charge in [-0.05, 0) is 182 Å². The van der Waals surface area contributed by atoms with Gasteiger partial charge in [-0.2, -0.15) is 0 Å². The molecule has 6 fully saturated rings. The highest BCUT2D eigenvalue weighted by molar-refractivity contribution is 5.90. The molecule has 7 nitrogen and oxygen atoms in total. The zero-order chi connectivity index (χ0) is 46.4. The molecule has 0 aromatic heterocycles. The van der Waals surface area contributed by atoms with Crippen molar-refractivity contribution in [2.24, 2.45) is 56.5 Å². The zero-order valence-corrected chi connectivity index (χ0v) is 41.8. The van der Waals surface area contributed by atoms with E-state index >= 15 is 4.79 Å². The third-order valence-corrected chi connectivity index (χ3v) is 21.1.